The summed E-state index contributed by atoms with van der Waals surface area (Å²) >= 11 is 3.00. The summed E-state index contributed by atoms with van der Waals surface area (Å²) in [7, 11) is 1.18. The molecule has 0 spiro atoms. The molecule has 0 saturated carbocycles. The number of benzene rings is 1. The Morgan fingerprint density at radius 2 is 2.20 bits per heavy atom. The molecule has 0 fully saturated rings. The lowest BCUT2D eigenvalue weighted by Gasteiger charge is -2.10. The fourth-order valence-electron chi connectivity index (χ4n) is 1.16. The second-order valence-electron chi connectivity index (χ2n) is 3.06. The summed E-state index contributed by atoms with van der Waals surface area (Å²) < 4.78 is 17.8. The Bertz CT molecular complexity index is 369. The molecule has 0 aliphatic rings. The van der Waals surface area contributed by atoms with Crippen molar-refractivity contribution in [3.63, 3.8) is 0 Å². The van der Waals surface area contributed by atoms with Gasteiger partial charge in [0.05, 0.1) is 11.6 Å². The van der Waals surface area contributed by atoms with Crippen molar-refractivity contribution in [2.75, 3.05) is 7.11 Å². The lowest BCUT2D eigenvalue weighted by atomic mass is 10.1. The molecule has 82 valence electrons. The topological polar surface area (TPSA) is 46.5 Å². The highest BCUT2D eigenvalue weighted by Crippen LogP contribution is 2.25. The highest BCUT2D eigenvalue weighted by Gasteiger charge is 2.19. The molecular weight excluding hydrogens is 267 g/mol. The number of carbonyl (C=O) groups excluding carboxylic acids is 1. The first-order chi connectivity index (χ1) is 6.97. The van der Waals surface area contributed by atoms with Crippen LogP contribution in [0.3, 0.4) is 0 Å². The van der Waals surface area contributed by atoms with Gasteiger partial charge in [-0.05, 0) is 46.1 Å². The Labute approximate surface area is 95.0 Å². The Balaban J connectivity index is 3.11. The lowest BCUT2D eigenvalue weighted by molar-refractivity contribution is -0.150. The molecule has 0 amide bonds. The van der Waals surface area contributed by atoms with Crippen molar-refractivity contribution >= 4 is 21.9 Å². The predicted molar refractivity (Wildman–Crippen MR) is 55.8 cm³/mol. The summed E-state index contributed by atoms with van der Waals surface area (Å²) in [4.78, 5) is 11.0. The number of aryl methyl sites for hydroxylation is 1. The van der Waals surface area contributed by atoms with Gasteiger partial charge in [0.25, 0.3) is 0 Å². The molecule has 0 bridgehead atoms. The zero-order valence-corrected chi connectivity index (χ0v) is 9.84. The van der Waals surface area contributed by atoms with Crippen LogP contribution in [0.25, 0.3) is 0 Å². The van der Waals surface area contributed by atoms with E-state index in [1.54, 1.807) is 6.92 Å². The summed E-state index contributed by atoms with van der Waals surface area (Å²) in [5, 5.41) is 9.51. The van der Waals surface area contributed by atoms with Crippen LogP contribution in [0.1, 0.15) is 17.2 Å². The number of aliphatic hydroxyl groups is 1. The first-order valence-electron chi connectivity index (χ1n) is 4.18. The van der Waals surface area contributed by atoms with Crippen molar-refractivity contribution < 1.29 is 19.0 Å². The molecule has 0 radical (unpaired) electrons. The molecule has 1 rings (SSSR count). The van der Waals surface area contributed by atoms with Gasteiger partial charge in [-0.1, -0.05) is 0 Å². The van der Waals surface area contributed by atoms with Crippen LogP contribution in [-0.4, -0.2) is 18.2 Å². The molecule has 1 N–H and O–H groups in total. The SMILES string of the molecule is COC(=O)C(O)c1cc(C)c(F)c(Br)c1. The zero-order valence-electron chi connectivity index (χ0n) is 8.25. The quantitative estimate of drug-likeness (QED) is 0.842. The number of methoxy groups -OCH3 is 1. The first kappa shape index (κ1) is 12.1. The minimum absolute atomic E-state index is 0.209. The van der Waals surface area contributed by atoms with E-state index in [1.165, 1.54) is 19.2 Å². The van der Waals surface area contributed by atoms with Gasteiger partial charge in [-0.25, -0.2) is 9.18 Å². The van der Waals surface area contributed by atoms with Gasteiger partial charge in [-0.2, -0.15) is 0 Å². The number of halogens is 2. The van der Waals surface area contributed by atoms with Crippen molar-refractivity contribution in [2.45, 2.75) is 13.0 Å². The highest BCUT2D eigenvalue weighted by molar-refractivity contribution is 9.10. The molecule has 15 heavy (non-hydrogen) atoms. The van der Waals surface area contributed by atoms with Crippen LogP contribution in [0.2, 0.25) is 0 Å². The van der Waals surface area contributed by atoms with E-state index in [0.29, 0.717) is 11.1 Å². The Kier molecular flexibility index (Phi) is 3.82. The Hall–Kier alpha value is -0.940. The number of hydrogen-bond donors (Lipinski definition) is 1. The number of carbonyl (C=O) groups is 1. The smallest absolute Gasteiger partial charge is 0.339 e. The lowest BCUT2D eigenvalue weighted by Crippen LogP contribution is -2.13. The van der Waals surface area contributed by atoms with Gasteiger partial charge in [0, 0.05) is 0 Å². The monoisotopic (exact) mass is 276 g/mol. The summed E-state index contributed by atoms with van der Waals surface area (Å²) in [6, 6.07) is 2.76. The highest BCUT2D eigenvalue weighted by atomic mass is 79.9. The van der Waals surface area contributed by atoms with E-state index in [2.05, 4.69) is 20.7 Å². The van der Waals surface area contributed by atoms with E-state index in [-0.39, 0.29) is 4.47 Å². The molecule has 0 saturated heterocycles. The molecule has 1 unspecified atom stereocenters. The third-order valence-corrected chi connectivity index (χ3v) is 2.55. The average Bonchev–Trinajstić information content (AvgIpc) is 2.23. The largest absolute Gasteiger partial charge is 0.467 e. The van der Waals surface area contributed by atoms with Crippen LogP contribution in [0.4, 0.5) is 4.39 Å². The van der Waals surface area contributed by atoms with Crippen LogP contribution in [-0.2, 0) is 9.53 Å². The van der Waals surface area contributed by atoms with Crippen molar-refractivity contribution in [1.29, 1.82) is 0 Å². The fraction of sp³-hybridized carbons (Fsp3) is 0.300. The molecule has 0 aliphatic heterocycles. The molecular formula is C10H10BrFO3. The third-order valence-electron chi connectivity index (χ3n) is 1.97. The Morgan fingerprint density at radius 3 is 2.67 bits per heavy atom. The maximum atomic E-state index is 13.2. The van der Waals surface area contributed by atoms with Gasteiger partial charge in [-0.15, -0.1) is 0 Å². The van der Waals surface area contributed by atoms with Gasteiger partial charge >= 0.3 is 5.97 Å². The number of hydrogen-bond acceptors (Lipinski definition) is 3. The van der Waals surface area contributed by atoms with Crippen molar-refractivity contribution in [3.05, 3.63) is 33.5 Å². The molecule has 0 aromatic heterocycles. The van der Waals surface area contributed by atoms with Gasteiger partial charge in [0.1, 0.15) is 5.82 Å². The van der Waals surface area contributed by atoms with Gasteiger partial charge < -0.3 is 9.84 Å². The van der Waals surface area contributed by atoms with Crippen molar-refractivity contribution in [1.82, 2.24) is 0 Å². The molecule has 1 atom stereocenters. The molecule has 1 aromatic rings. The third kappa shape index (κ3) is 2.54. The van der Waals surface area contributed by atoms with Gasteiger partial charge in [-0.3, -0.25) is 0 Å². The van der Waals surface area contributed by atoms with Gasteiger partial charge in [0.2, 0.25) is 0 Å². The van der Waals surface area contributed by atoms with E-state index in [9.17, 15) is 14.3 Å². The van der Waals surface area contributed by atoms with Crippen LogP contribution >= 0.6 is 15.9 Å². The number of rotatable bonds is 2. The maximum Gasteiger partial charge on any atom is 0.339 e. The summed E-state index contributed by atoms with van der Waals surface area (Å²) in [6.45, 7) is 1.55. The van der Waals surface area contributed by atoms with Gasteiger partial charge in [0.15, 0.2) is 6.10 Å². The first-order valence-corrected chi connectivity index (χ1v) is 4.98. The molecule has 1 aromatic carbocycles. The predicted octanol–water partition coefficient (Wildman–Crippen LogP) is 2.10. The summed E-state index contributed by atoms with van der Waals surface area (Å²) in [5.74, 6) is -1.18. The van der Waals surface area contributed by atoms with E-state index < -0.39 is 17.9 Å². The Morgan fingerprint density at radius 1 is 1.60 bits per heavy atom. The second-order valence-corrected chi connectivity index (χ2v) is 3.91. The van der Waals surface area contributed by atoms with Crippen molar-refractivity contribution in [2.24, 2.45) is 0 Å². The van der Waals surface area contributed by atoms with Crippen LogP contribution in [0.5, 0.6) is 0 Å². The number of ether oxygens (including phenoxy) is 1. The van der Waals surface area contributed by atoms with Crippen LogP contribution < -0.4 is 0 Å². The standard InChI is InChI=1S/C10H10BrFO3/c1-5-3-6(4-7(11)8(5)12)9(13)10(14)15-2/h3-4,9,13H,1-2H3. The van der Waals surface area contributed by atoms with E-state index in [1.807, 2.05) is 0 Å². The molecule has 5 heteroatoms. The van der Waals surface area contributed by atoms with Crippen LogP contribution in [0.15, 0.2) is 16.6 Å². The minimum atomic E-state index is -1.38. The molecule has 0 aliphatic carbocycles. The second kappa shape index (κ2) is 4.72. The number of aliphatic hydroxyl groups excluding tert-OH is 1. The van der Waals surface area contributed by atoms with E-state index >= 15 is 0 Å². The van der Waals surface area contributed by atoms with E-state index in [4.69, 9.17) is 0 Å². The average molecular weight is 277 g/mol. The van der Waals surface area contributed by atoms with E-state index in [0.717, 1.165) is 0 Å². The summed E-state index contributed by atoms with van der Waals surface area (Å²) in [5.41, 5.74) is 0.648. The number of esters is 1. The minimum Gasteiger partial charge on any atom is -0.467 e. The normalized spacial score (nSPS) is 12.3. The zero-order chi connectivity index (χ0) is 11.6. The van der Waals surface area contributed by atoms with Crippen molar-refractivity contribution in [3.8, 4) is 0 Å². The summed E-state index contributed by atoms with van der Waals surface area (Å²) in [6.07, 6.45) is -1.38. The maximum absolute atomic E-state index is 13.2. The fourth-order valence-corrected chi connectivity index (χ4v) is 1.74. The molecule has 0 heterocycles. The van der Waals surface area contributed by atoms with Crippen LogP contribution in [0, 0.1) is 12.7 Å². The molecule has 3 nitrogen and oxygen atoms in total.